The van der Waals surface area contributed by atoms with E-state index in [0.717, 1.165) is 30.1 Å². The second kappa shape index (κ2) is 10.7. The van der Waals surface area contributed by atoms with Gasteiger partial charge in [0.05, 0.1) is 13.1 Å². The molecule has 0 spiro atoms. The van der Waals surface area contributed by atoms with E-state index in [4.69, 9.17) is 0 Å². The number of aliphatic imine (C=N–C) groups is 1. The van der Waals surface area contributed by atoms with Gasteiger partial charge in [-0.2, -0.15) is 5.10 Å². The number of aromatic nitrogens is 3. The van der Waals surface area contributed by atoms with Crippen molar-refractivity contribution in [2.24, 2.45) is 12.0 Å². The topological polar surface area (TPSA) is 50.4 Å². The molecular formula is C20H26BrIN6. The van der Waals surface area contributed by atoms with E-state index in [9.17, 15) is 0 Å². The molecule has 0 atom stereocenters. The van der Waals surface area contributed by atoms with E-state index in [1.807, 2.05) is 31.0 Å². The standard InChI is InChI=1S/C20H25BrN6.HI/c1-22-20(26(3)15-19-11-18(21)14-25(19)2)23-12-16-6-4-7-17(10-16)13-27-9-5-8-24-27;/h4-11,14H,12-13,15H2,1-3H3,(H,22,23);1H. The fraction of sp³-hybridized carbons (Fsp3) is 0.300. The molecule has 0 unspecified atom stereocenters. The Morgan fingerprint density at radius 1 is 1.25 bits per heavy atom. The van der Waals surface area contributed by atoms with E-state index in [1.165, 1.54) is 16.8 Å². The summed E-state index contributed by atoms with van der Waals surface area (Å²) in [6.07, 6.45) is 5.84. The summed E-state index contributed by atoms with van der Waals surface area (Å²) in [7, 11) is 5.91. The molecule has 0 aliphatic heterocycles. The molecule has 0 saturated heterocycles. The first-order chi connectivity index (χ1) is 13.0. The minimum absolute atomic E-state index is 0. The van der Waals surface area contributed by atoms with Crippen LogP contribution in [0.1, 0.15) is 16.8 Å². The van der Waals surface area contributed by atoms with Crippen molar-refractivity contribution in [3.05, 3.63) is 76.3 Å². The lowest BCUT2D eigenvalue weighted by Crippen LogP contribution is -2.38. The van der Waals surface area contributed by atoms with Gasteiger partial charge in [0, 0.05) is 56.4 Å². The summed E-state index contributed by atoms with van der Waals surface area (Å²) in [5, 5.41) is 7.72. The van der Waals surface area contributed by atoms with Crippen molar-refractivity contribution in [1.82, 2.24) is 24.6 Å². The quantitative estimate of drug-likeness (QED) is 0.285. The molecule has 0 aliphatic rings. The predicted molar refractivity (Wildman–Crippen MR) is 128 cm³/mol. The van der Waals surface area contributed by atoms with Crippen LogP contribution in [0.4, 0.5) is 0 Å². The van der Waals surface area contributed by atoms with E-state index >= 15 is 0 Å². The first kappa shape index (κ1) is 22.5. The van der Waals surface area contributed by atoms with Crippen molar-refractivity contribution in [1.29, 1.82) is 0 Å². The second-order valence-corrected chi connectivity index (χ2v) is 7.46. The van der Waals surface area contributed by atoms with Crippen LogP contribution in [0.25, 0.3) is 0 Å². The highest BCUT2D eigenvalue weighted by Crippen LogP contribution is 2.15. The number of rotatable bonds is 6. The Kier molecular flexibility index (Phi) is 8.56. The maximum Gasteiger partial charge on any atom is 0.194 e. The molecule has 0 aliphatic carbocycles. The normalized spacial score (nSPS) is 11.2. The zero-order valence-electron chi connectivity index (χ0n) is 16.3. The number of nitrogens with zero attached hydrogens (tertiary/aromatic N) is 5. The number of guanidine groups is 1. The molecule has 8 heteroatoms. The van der Waals surface area contributed by atoms with Crippen LogP contribution in [0.5, 0.6) is 0 Å². The molecule has 0 fully saturated rings. The maximum atomic E-state index is 4.42. The zero-order valence-corrected chi connectivity index (χ0v) is 20.3. The molecule has 0 saturated carbocycles. The molecule has 2 aromatic heterocycles. The molecular weight excluding hydrogens is 531 g/mol. The van der Waals surface area contributed by atoms with Gasteiger partial charge in [-0.1, -0.05) is 24.3 Å². The second-order valence-electron chi connectivity index (χ2n) is 6.54. The van der Waals surface area contributed by atoms with E-state index in [2.05, 4.69) is 84.4 Å². The average molecular weight is 557 g/mol. The molecule has 1 aromatic carbocycles. The van der Waals surface area contributed by atoms with Gasteiger partial charge in [-0.3, -0.25) is 9.67 Å². The number of halogens is 2. The predicted octanol–water partition coefficient (Wildman–Crippen LogP) is 3.86. The van der Waals surface area contributed by atoms with Gasteiger partial charge >= 0.3 is 0 Å². The lowest BCUT2D eigenvalue weighted by atomic mass is 10.1. The van der Waals surface area contributed by atoms with Crippen LogP contribution in [0.3, 0.4) is 0 Å². The maximum absolute atomic E-state index is 4.42. The third-order valence-electron chi connectivity index (χ3n) is 4.39. The summed E-state index contributed by atoms with van der Waals surface area (Å²) in [5.41, 5.74) is 3.67. The molecule has 0 amide bonds. The van der Waals surface area contributed by atoms with Crippen molar-refractivity contribution in [3.8, 4) is 0 Å². The monoisotopic (exact) mass is 556 g/mol. The van der Waals surface area contributed by atoms with Crippen LogP contribution in [-0.4, -0.2) is 39.3 Å². The molecule has 3 aromatic rings. The van der Waals surface area contributed by atoms with Gasteiger partial charge in [-0.15, -0.1) is 24.0 Å². The largest absolute Gasteiger partial charge is 0.352 e. The summed E-state index contributed by atoms with van der Waals surface area (Å²) in [6.45, 7) is 2.28. The van der Waals surface area contributed by atoms with Crippen LogP contribution < -0.4 is 5.32 Å². The first-order valence-corrected chi connectivity index (χ1v) is 9.62. The van der Waals surface area contributed by atoms with Crippen molar-refractivity contribution >= 4 is 45.9 Å². The van der Waals surface area contributed by atoms with E-state index < -0.39 is 0 Å². The zero-order chi connectivity index (χ0) is 19.2. The van der Waals surface area contributed by atoms with Crippen LogP contribution in [0.2, 0.25) is 0 Å². The van der Waals surface area contributed by atoms with Gasteiger partial charge in [0.1, 0.15) is 0 Å². The first-order valence-electron chi connectivity index (χ1n) is 8.83. The molecule has 3 rings (SSSR count). The molecule has 6 nitrogen and oxygen atoms in total. The highest BCUT2D eigenvalue weighted by atomic mass is 127. The van der Waals surface area contributed by atoms with Gasteiger partial charge in [0.15, 0.2) is 5.96 Å². The van der Waals surface area contributed by atoms with Crippen molar-refractivity contribution in [2.45, 2.75) is 19.6 Å². The minimum atomic E-state index is 0. The molecule has 1 N–H and O–H groups in total. The Hall–Kier alpha value is -1.81. The van der Waals surface area contributed by atoms with Gasteiger partial charge in [-0.25, -0.2) is 0 Å². The Bertz CT molecular complexity index is 903. The molecule has 0 bridgehead atoms. The lowest BCUT2D eigenvalue weighted by Gasteiger charge is -2.22. The van der Waals surface area contributed by atoms with E-state index in [1.54, 1.807) is 6.20 Å². The molecule has 0 radical (unpaired) electrons. The van der Waals surface area contributed by atoms with Crippen molar-refractivity contribution in [3.63, 3.8) is 0 Å². The fourth-order valence-corrected chi connectivity index (χ4v) is 3.60. The summed E-state index contributed by atoms with van der Waals surface area (Å²) in [4.78, 5) is 6.54. The van der Waals surface area contributed by atoms with E-state index in [0.29, 0.717) is 0 Å². The van der Waals surface area contributed by atoms with Crippen LogP contribution in [0, 0.1) is 0 Å². The Morgan fingerprint density at radius 2 is 2.04 bits per heavy atom. The molecule has 2 heterocycles. The fourth-order valence-electron chi connectivity index (χ4n) is 3.03. The molecule has 28 heavy (non-hydrogen) atoms. The highest BCUT2D eigenvalue weighted by molar-refractivity contribution is 14.0. The number of benzene rings is 1. The number of hydrogen-bond donors (Lipinski definition) is 1. The van der Waals surface area contributed by atoms with Crippen LogP contribution in [-0.2, 0) is 26.7 Å². The van der Waals surface area contributed by atoms with E-state index in [-0.39, 0.29) is 24.0 Å². The van der Waals surface area contributed by atoms with Crippen LogP contribution in [0.15, 0.2) is 64.5 Å². The summed E-state index contributed by atoms with van der Waals surface area (Å²) < 4.78 is 5.13. The smallest absolute Gasteiger partial charge is 0.194 e. The third kappa shape index (κ3) is 6.10. The highest BCUT2D eigenvalue weighted by Gasteiger charge is 2.10. The lowest BCUT2D eigenvalue weighted by molar-refractivity contribution is 0.461. The van der Waals surface area contributed by atoms with Gasteiger partial charge < -0.3 is 14.8 Å². The van der Waals surface area contributed by atoms with Gasteiger partial charge in [-0.05, 0) is 39.2 Å². The Morgan fingerprint density at radius 3 is 2.68 bits per heavy atom. The van der Waals surface area contributed by atoms with Crippen molar-refractivity contribution in [2.75, 3.05) is 14.1 Å². The number of aryl methyl sites for hydroxylation is 1. The Balaban J connectivity index is 0.00000280. The summed E-state index contributed by atoms with van der Waals surface area (Å²) in [5.74, 6) is 0.866. The van der Waals surface area contributed by atoms with Gasteiger partial charge in [0.2, 0.25) is 0 Å². The van der Waals surface area contributed by atoms with Crippen molar-refractivity contribution < 1.29 is 0 Å². The van der Waals surface area contributed by atoms with Crippen LogP contribution >= 0.6 is 39.9 Å². The third-order valence-corrected chi connectivity index (χ3v) is 4.83. The average Bonchev–Trinajstić information content (AvgIpc) is 3.25. The Labute approximate surface area is 191 Å². The summed E-state index contributed by atoms with van der Waals surface area (Å²) >= 11 is 3.52. The minimum Gasteiger partial charge on any atom is -0.352 e. The number of hydrogen-bond acceptors (Lipinski definition) is 2. The van der Waals surface area contributed by atoms with Gasteiger partial charge in [0.25, 0.3) is 0 Å². The molecule has 150 valence electrons. The number of nitrogens with one attached hydrogen (secondary N) is 1. The summed E-state index contributed by atoms with van der Waals surface area (Å²) in [6, 6.07) is 12.6. The SMILES string of the molecule is CN=C(NCc1cccc(Cn2cccn2)c1)N(C)Cc1cc(Br)cn1C.I.